The van der Waals surface area contributed by atoms with Crippen molar-refractivity contribution >= 4 is 50.3 Å². The average Bonchev–Trinajstić information content (AvgIpc) is 3.41. The van der Waals surface area contributed by atoms with Crippen LogP contribution < -0.4 is 9.64 Å². The second-order valence-corrected chi connectivity index (χ2v) is 7.81. The monoisotopic (exact) mass is 438 g/mol. The van der Waals surface area contributed by atoms with Crippen LogP contribution in [0.3, 0.4) is 0 Å². The third-order valence-corrected chi connectivity index (χ3v) is 5.76. The van der Waals surface area contributed by atoms with E-state index in [9.17, 15) is 4.79 Å². The first-order valence-electron chi connectivity index (χ1n) is 9.44. The SMILES string of the molecule is CCOc1cccc2sc(N(Cc3ccco3)C(=O)/C=C/c3ccccc3Cl)nc12. The summed E-state index contributed by atoms with van der Waals surface area (Å²) in [5, 5.41) is 1.16. The maximum atomic E-state index is 13.1. The number of carbonyl (C=O) groups excluding carboxylic acids is 1. The Hall–Kier alpha value is -3.09. The summed E-state index contributed by atoms with van der Waals surface area (Å²) in [7, 11) is 0. The summed E-state index contributed by atoms with van der Waals surface area (Å²) >= 11 is 7.64. The van der Waals surface area contributed by atoms with E-state index in [1.807, 2.05) is 49.4 Å². The number of hydrogen-bond donors (Lipinski definition) is 0. The largest absolute Gasteiger partial charge is 0.492 e. The van der Waals surface area contributed by atoms with Crippen LogP contribution in [0.15, 0.2) is 71.4 Å². The van der Waals surface area contributed by atoms with Crippen LogP contribution >= 0.6 is 22.9 Å². The smallest absolute Gasteiger partial charge is 0.253 e. The van der Waals surface area contributed by atoms with Gasteiger partial charge in [-0.25, -0.2) is 4.98 Å². The fourth-order valence-electron chi connectivity index (χ4n) is 2.96. The van der Waals surface area contributed by atoms with Crippen molar-refractivity contribution in [2.75, 3.05) is 11.5 Å². The van der Waals surface area contributed by atoms with Gasteiger partial charge in [0.25, 0.3) is 5.91 Å². The maximum Gasteiger partial charge on any atom is 0.253 e. The molecule has 0 saturated carbocycles. The zero-order valence-corrected chi connectivity index (χ0v) is 17.8. The summed E-state index contributed by atoms with van der Waals surface area (Å²) in [5.74, 6) is 1.15. The fourth-order valence-corrected chi connectivity index (χ4v) is 4.15. The predicted octanol–water partition coefficient (Wildman–Crippen LogP) is 6.19. The molecule has 0 spiro atoms. The van der Waals surface area contributed by atoms with Crippen molar-refractivity contribution in [2.24, 2.45) is 0 Å². The predicted molar refractivity (Wildman–Crippen MR) is 121 cm³/mol. The third-order valence-electron chi connectivity index (χ3n) is 4.37. The Bertz CT molecular complexity index is 1180. The summed E-state index contributed by atoms with van der Waals surface area (Å²) in [6, 6.07) is 16.8. The molecule has 4 aromatic rings. The Balaban J connectivity index is 1.69. The van der Waals surface area contributed by atoms with E-state index in [-0.39, 0.29) is 12.5 Å². The molecule has 0 atom stereocenters. The van der Waals surface area contributed by atoms with Gasteiger partial charge < -0.3 is 9.15 Å². The van der Waals surface area contributed by atoms with Crippen LogP contribution in [-0.2, 0) is 11.3 Å². The quantitative estimate of drug-likeness (QED) is 0.323. The van der Waals surface area contributed by atoms with Crippen molar-refractivity contribution < 1.29 is 13.9 Å². The Morgan fingerprint density at radius 2 is 2.07 bits per heavy atom. The second kappa shape index (κ2) is 9.15. The van der Waals surface area contributed by atoms with Crippen molar-refractivity contribution in [1.82, 2.24) is 4.98 Å². The molecule has 2 aromatic carbocycles. The number of halogens is 1. The first kappa shape index (κ1) is 20.2. The lowest BCUT2D eigenvalue weighted by atomic mass is 10.2. The normalized spacial score (nSPS) is 11.3. The second-order valence-electron chi connectivity index (χ2n) is 6.39. The summed E-state index contributed by atoms with van der Waals surface area (Å²) in [4.78, 5) is 19.4. The first-order chi connectivity index (χ1) is 14.7. The van der Waals surface area contributed by atoms with Gasteiger partial charge in [0, 0.05) is 11.1 Å². The van der Waals surface area contributed by atoms with E-state index in [1.54, 1.807) is 29.4 Å². The standard InChI is InChI=1S/C23H19ClN2O3S/c1-2-28-19-10-5-11-20-22(19)25-23(30-20)26(15-17-8-6-14-29-17)21(27)13-12-16-7-3-4-9-18(16)24/h3-14H,2,15H2,1H3/b13-12+. The molecule has 30 heavy (non-hydrogen) atoms. The molecule has 0 fully saturated rings. The number of fused-ring (bicyclic) bond motifs is 1. The van der Waals surface area contributed by atoms with Gasteiger partial charge in [-0.2, -0.15) is 0 Å². The summed E-state index contributed by atoms with van der Waals surface area (Å²) in [6.45, 7) is 2.74. The Kier molecular flexibility index (Phi) is 6.16. The summed E-state index contributed by atoms with van der Waals surface area (Å²) in [6.07, 6.45) is 4.79. The van der Waals surface area contributed by atoms with E-state index in [1.165, 1.54) is 17.4 Å². The van der Waals surface area contributed by atoms with Crippen LogP contribution in [0.1, 0.15) is 18.2 Å². The molecule has 0 saturated heterocycles. The Morgan fingerprint density at radius 1 is 1.20 bits per heavy atom. The number of para-hydroxylation sites is 1. The molecule has 4 rings (SSSR count). The van der Waals surface area contributed by atoms with Crippen molar-refractivity contribution in [1.29, 1.82) is 0 Å². The molecular weight excluding hydrogens is 420 g/mol. The molecule has 0 aliphatic heterocycles. The summed E-state index contributed by atoms with van der Waals surface area (Å²) < 4.78 is 12.1. The molecule has 2 heterocycles. The van der Waals surface area contributed by atoms with Gasteiger partial charge in [-0.1, -0.05) is 47.2 Å². The van der Waals surface area contributed by atoms with Gasteiger partial charge in [0.05, 0.1) is 24.1 Å². The average molecular weight is 439 g/mol. The molecule has 0 unspecified atom stereocenters. The van der Waals surface area contributed by atoms with Crippen LogP contribution in [0.2, 0.25) is 5.02 Å². The lowest BCUT2D eigenvalue weighted by Crippen LogP contribution is -2.28. The number of thiazole rings is 1. The number of amides is 1. The number of nitrogens with zero attached hydrogens (tertiary/aromatic N) is 2. The van der Waals surface area contributed by atoms with E-state index in [0.717, 1.165) is 15.8 Å². The molecule has 2 aromatic heterocycles. The van der Waals surface area contributed by atoms with Gasteiger partial charge >= 0.3 is 0 Å². The minimum absolute atomic E-state index is 0.219. The van der Waals surface area contributed by atoms with Gasteiger partial charge in [0.2, 0.25) is 0 Å². The third kappa shape index (κ3) is 4.40. The first-order valence-corrected chi connectivity index (χ1v) is 10.6. The highest BCUT2D eigenvalue weighted by molar-refractivity contribution is 7.22. The van der Waals surface area contributed by atoms with Crippen LogP contribution in [0.4, 0.5) is 5.13 Å². The highest BCUT2D eigenvalue weighted by Crippen LogP contribution is 2.35. The highest BCUT2D eigenvalue weighted by Gasteiger charge is 2.21. The van der Waals surface area contributed by atoms with Crippen LogP contribution in [0.5, 0.6) is 5.75 Å². The van der Waals surface area contributed by atoms with E-state index in [4.69, 9.17) is 25.7 Å². The van der Waals surface area contributed by atoms with E-state index >= 15 is 0 Å². The molecular formula is C23H19ClN2O3S. The minimum atomic E-state index is -0.219. The van der Waals surface area contributed by atoms with Crippen LogP contribution in [-0.4, -0.2) is 17.5 Å². The maximum absolute atomic E-state index is 13.1. The van der Waals surface area contributed by atoms with Crippen molar-refractivity contribution in [3.63, 3.8) is 0 Å². The lowest BCUT2D eigenvalue weighted by molar-refractivity contribution is -0.114. The summed E-state index contributed by atoms with van der Waals surface area (Å²) in [5.41, 5.74) is 1.51. The Labute approximate surface area is 183 Å². The van der Waals surface area contributed by atoms with Gasteiger partial charge in [-0.05, 0) is 48.9 Å². The van der Waals surface area contributed by atoms with Crippen LogP contribution in [0.25, 0.3) is 16.3 Å². The number of carbonyl (C=O) groups is 1. The number of anilines is 1. The molecule has 1 amide bonds. The van der Waals surface area contributed by atoms with Gasteiger partial charge in [-0.15, -0.1) is 0 Å². The van der Waals surface area contributed by atoms with E-state index < -0.39 is 0 Å². The van der Waals surface area contributed by atoms with Crippen LogP contribution in [0, 0.1) is 0 Å². The Morgan fingerprint density at radius 3 is 2.83 bits per heavy atom. The van der Waals surface area contributed by atoms with Gasteiger partial charge in [0.1, 0.15) is 17.0 Å². The van der Waals surface area contributed by atoms with Crippen molar-refractivity contribution in [3.8, 4) is 5.75 Å². The van der Waals surface area contributed by atoms with Gasteiger partial charge in [0.15, 0.2) is 5.13 Å². The number of ether oxygens (including phenoxy) is 1. The fraction of sp³-hybridized carbons (Fsp3) is 0.130. The minimum Gasteiger partial charge on any atom is -0.492 e. The molecule has 7 heteroatoms. The number of aromatic nitrogens is 1. The zero-order chi connectivity index (χ0) is 20.9. The number of hydrogen-bond acceptors (Lipinski definition) is 5. The molecule has 152 valence electrons. The molecule has 0 radical (unpaired) electrons. The molecule has 0 aliphatic rings. The lowest BCUT2D eigenvalue weighted by Gasteiger charge is -2.16. The number of benzene rings is 2. The molecule has 5 nitrogen and oxygen atoms in total. The molecule has 0 bridgehead atoms. The zero-order valence-electron chi connectivity index (χ0n) is 16.2. The van der Waals surface area contributed by atoms with E-state index in [0.29, 0.717) is 28.3 Å². The molecule has 0 N–H and O–H groups in total. The topological polar surface area (TPSA) is 55.6 Å². The molecule has 0 aliphatic carbocycles. The van der Waals surface area contributed by atoms with Crippen molar-refractivity contribution in [3.05, 3.63) is 83.3 Å². The highest BCUT2D eigenvalue weighted by atomic mass is 35.5. The van der Waals surface area contributed by atoms with E-state index in [2.05, 4.69) is 0 Å². The van der Waals surface area contributed by atoms with Crippen molar-refractivity contribution in [2.45, 2.75) is 13.5 Å². The number of furan rings is 1. The number of rotatable bonds is 7. The van der Waals surface area contributed by atoms with Gasteiger partial charge in [-0.3, -0.25) is 9.69 Å².